The maximum atomic E-state index is 9.56. The lowest BCUT2D eigenvalue weighted by Gasteiger charge is -2.44. The van der Waals surface area contributed by atoms with Gasteiger partial charge in [0.1, 0.15) is 6.73 Å². The van der Waals surface area contributed by atoms with Gasteiger partial charge in [-0.3, -0.25) is 0 Å². The molecule has 0 amide bonds. The number of piperidine rings is 1. The molecule has 1 aliphatic heterocycles. The Morgan fingerprint density at radius 1 is 1.35 bits per heavy atom. The van der Waals surface area contributed by atoms with Crippen molar-refractivity contribution < 1.29 is 5.11 Å². The fourth-order valence-corrected chi connectivity index (χ4v) is 4.51. The third-order valence-corrected chi connectivity index (χ3v) is 5.28. The van der Waals surface area contributed by atoms with E-state index in [4.69, 9.17) is 0 Å². The predicted octanol–water partition coefficient (Wildman–Crippen LogP) is 2.57. The van der Waals surface area contributed by atoms with Crippen LogP contribution >= 0.6 is 0 Å². The number of hydrogen-bond donors (Lipinski definition) is 1. The van der Waals surface area contributed by atoms with Gasteiger partial charge < -0.3 is 14.6 Å². The molecule has 2 aromatic rings. The lowest BCUT2D eigenvalue weighted by Crippen LogP contribution is -2.47. The molecule has 0 radical (unpaired) electrons. The lowest BCUT2D eigenvalue weighted by molar-refractivity contribution is 0.119. The Kier molecular flexibility index (Phi) is 2.69. The number of fused-ring (bicyclic) bond motifs is 2. The molecule has 2 aliphatic rings. The second-order valence-corrected chi connectivity index (χ2v) is 6.67. The van der Waals surface area contributed by atoms with Crippen LogP contribution in [-0.4, -0.2) is 34.2 Å². The zero-order valence-electron chi connectivity index (χ0n) is 12.2. The van der Waals surface area contributed by atoms with E-state index in [9.17, 15) is 5.11 Å². The van der Waals surface area contributed by atoms with Crippen LogP contribution in [0.4, 0.5) is 0 Å². The highest BCUT2D eigenvalue weighted by molar-refractivity contribution is 5.89. The highest BCUT2D eigenvalue weighted by Crippen LogP contribution is 2.44. The van der Waals surface area contributed by atoms with Gasteiger partial charge in [-0.1, -0.05) is 19.1 Å². The second-order valence-electron chi connectivity index (χ2n) is 6.67. The quantitative estimate of drug-likeness (QED) is 0.862. The van der Waals surface area contributed by atoms with Crippen molar-refractivity contribution in [3.63, 3.8) is 0 Å². The fraction of sp³-hybridized carbons (Fsp3) is 0.529. The Bertz CT molecular complexity index is 660. The highest BCUT2D eigenvalue weighted by atomic mass is 16.3. The molecule has 3 heteroatoms. The summed E-state index contributed by atoms with van der Waals surface area (Å²) in [6.45, 7) is 3.63. The van der Waals surface area contributed by atoms with Crippen LogP contribution < -0.4 is 0 Å². The van der Waals surface area contributed by atoms with Crippen LogP contribution in [0.5, 0.6) is 0 Å². The molecule has 1 fully saturated rings. The minimum absolute atomic E-state index is 0.0710. The van der Waals surface area contributed by atoms with Crippen molar-refractivity contribution in [2.24, 2.45) is 5.92 Å². The summed E-state index contributed by atoms with van der Waals surface area (Å²) < 4.78 is 1.98. The molecule has 1 aromatic carbocycles. The Balaban J connectivity index is 1.93. The maximum Gasteiger partial charge on any atom is 0.119 e. The number of likely N-dealkylation sites (tertiary alicyclic amines) is 1. The van der Waals surface area contributed by atoms with E-state index < -0.39 is 0 Å². The van der Waals surface area contributed by atoms with Crippen molar-refractivity contribution in [2.75, 3.05) is 13.6 Å². The molecule has 0 saturated carbocycles. The molecule has 1 saturated heterocycles. The van der Waals surface area contributed by atoms with Gasteiger partial charge in [0.2, 0.25) is 0 Å². The summed E-state index contributed by atoms with van der Waals surface area (Å²) in [5, 5.41) is 11.0. The largest absolute Gasteiger partial charge is 0.376 e. The molecule has 4 rings (SSSR count). The summed E-state index contributed by atoms with van der Waals surface area (Å²) in [5.41, 5.74) is 4.10. The number of rotatable bonds is 1. The number of hydrogen-bond acceptors (Lipinski definition) is 2. The third-order valence-electron chi connectivity index (χ3n) is 5.28. The van der Waals surface area contributed by atoms with Crippen LogP contribution in [0.15, 0.2) is 24.4 Å². The van der Waals surface area contributed by atoms with Gasteiger partial charge in [-0.25, -0.2) is 0 Å². The van der Waals surface area contributed by atoms with E-state index in [2.05, 4.69) is 43.3 Å². The number of aliphatic hydroxyl groups excluding tert-OH is 1. The van der Waals surface area contributed by atoms with E-state index in [1.165, 1.54) is 35.0 Å². The SMILES string of the molecule is CC1CC2c3cccc4c3c(cn4CO)CC2N(C)C1. The maximum absolute atomic E-state index is 9.56. The van der Waals surface area contributed by atoms with Gasteiger partial charge in [0.15, 0.2) is 0 Å². The van der Waals surface area contributed by atoms with Gasteiger partial charge in [0.05, 0.1) is 5.52 Å². The zero-order valence-corrected chi connectivity index (χ0v) is 12.2. The summed E-state index contributed by atoms with van der Waals surface area (Å²) in [6.07, 6.45) is 4.56. The Hall–Kier alpha value is -1.32. The summed E-state index contributed by atoms with van der Waals surface area (Å²) in [5.74, 6) is 1.41. The average molecular weight is 270 g/mol. The Labute approximate surface area is 119 Å². The van der Waals surface area contributed by atoms with Crippen LogP contribution in [0.3, 0.4) is 0 Å². The van der Waals surface area contributed by atoms with Crippen molar-refractivity contribution in [1.82, 2.24) is 9.47 Å². The minimum atomic E-state index is 0.0710. The van der Waals surface area contributed by atoms with Gasteiger partial charge in [0.25, 0.3) is 0 Å². The first-order valence-electron chi connectivity index (χ1n) is 7.60. The van der Waals surface area contributed by atoms with Crippen molar-refractivity contribution >= 4 is 10.9 Å². The van der Waals surface area contributed by atoms with Crippen molar-refractivity contribution in [3.05, 3.63) is 35.5 Å². The summed E-state index contributed by atoms with van der Waals surface area (Å²) in [4.78, 5) is 2.54. The molecular weight excluding hydrogens is 248 g/mol. The minimum Gasteiger partial charge on any atom is -0.376 e. The Morgan fingerprint density at radius 2 is 2.20 bits per heavy atom. The second kappa shape index (κ2) is 4.34. The van der Waals surface area contributed by atoms with Gasteiger partial charge in [-0.05, 0) is 43.0 Å². The highest BCUT2D eigenvalue weighted by Gasteiger charge is 2.38. The first-order valence-corrected chi connectivity index (χ1v) is 7.60. The average Bonchev–Trinajstić information content (AvgIpc) is 2.80. The van der Waals surface area contributed by atoms with Crippen molar-refractivity contribution in [2.45, 2.75) is 38.5 Å². The molecule has 0 spiro atoms. The fourth-order valence-electron chi connectivity index (χ4n) is 4.51. The Morgan fingerprint density at radius 3 is 3.00 bits per heavy atom. The van der Waals surface area contributed by atoms with Crippen LogP contribution in [0.25, 0.3) is 10.9 Å². The van der Waals surface area contributed by atoms with E-state index in [-0.39, 0.29) is 6.73 Å². The van der Waals surface area contributed by atoms with E-state index in [1.807, 2.05) is 4.57 Å². The lowest BCUT2D eigenvalue weighted by atomic mass is 9.73. The topological polar surface area (TPSA) is 28.4 Å². The molecule has 1 N–H and O–H groups in total. The zero-order chi connectivity index (χ0) is 13.9. The van der Waals surface area contributed by atoms with Gasteiger partial charge >= 0.3 is 0 Å². The molecule has 106 valence electrons. The summed E-state index contributed by atoms with van der Waals surface area (Å²) >= 11 is 0. The summed E-state index contributed by atoms with van der Waals surface area (Å²) in [7, 11) is 2.27. The number of aromatic nitrogens is 1. The summed E-state index contributed by atoms with van der Waals surface area (Å²) in [6, 6.07) is 7.21. The van der Waals surface area contributed by atoms with Gasteiger partial charge in [-0.2, -0.15) is 0 Å². The van der Waals surface area contributed by atoms with Crippen molar-refractivity contribution in [1.29, 1.82) is 0 Å². The third kappa shape index (κ3) is 1.60. The number of benzene rings is 1. The predicted molar refractivity (Wildman–Crippen MR) is 80.8 cm³/mol. The molecule has 0 bridgehead atoms. The first-order chi connectivity index (χ1) is 9.69. The molecule has 1 aromatic heterocycles. The molecule has 3 unspecified atom stereocenters. The van der Waals surface area contributed by atoms with Crippen LogP contribution in [0, 0.1) is 5.92 Å². The molecule has 2 heterocycles. The molecule has 3 nitrogen and oxygen atoms in total. The number of aliphatic hydroxyl groups is 1. The first kappa shape index (κ1) is 12.4. The number of nitrogens with zero attached hydrogens (tertiary/aromatic N) is 2. The van der Waals surface area contributed by atoms with E-state index in [0.29, 0.717) is 12.0 Å². The molecule has 3 atom stereocenters. The van der Waals surface area contributed by atoms with E-state index in [0.717, 1.165) is 12.3 Å². The standard InChI is InChI=1S/C17H22N2O/c1-11-6-14-13-4-3-5-15-17(13)12(9-19(15)10-20)7-16(14)18(2)8-11/h3-5,9,11,14,16,20H,6-8,10H2,1-2H3. The van der Waals surface area contributed by atoms with E-state index >= 15 is 0 Å². The van der Waals surface area contributed by atoms with Crippen molar-refractivity contribution in [3.8, 4) is 0 Å². The normalized spacial score (nSPS) is 29.6. The monoisotopic (exact) mass is 270 g/mol. The van der Waals surface area contributed by atoms with Gasteiger partial charge in [0, 0.05) is 30.1 Å². The van der Waals surface area contributed by atoms with E-state index in [1.54, 1.807) is 0 Å². The van der Waals surface area contributed by atoms with Crippen LogP contribution in [-0.2, 0) is 13.2 Å². The molecule has 20 heavy (non-hydrogen) atoms. The van der Waals surface area contributed by atoms with Gasteiger partial charge in [-0.15, -0.1) is 0 Å². The smallest absolute Gasteiger partial charge is 0.119 e. The van der Waals surface area contributed by atoms with Crippen LogP contribution in [0.1, 0.15) is 30.4 Å². The molecule has 1 aliphatic carbocycles. The number of likely N-dealkylation sites (N-methyl/N-ethyl adjacent to an activating group) is 1. The molecular formula is C17H22N2O. The van der Waals surface area contributed by atoms with Crippen LogP contribution in [0.2, 0.25) is 0 Å².